The lowest BCUT2D eigenvalue weighted by atomic mass is 9.46. The van der Waals surface area contributed by atoms with Gasteiger partial charge in [-0.05, 0) is 75.4 Å². The Balaban J connectivity index is 1.68. The fourth-order valence-corrected chi connectivity index (χ4v) is 6.77. The molecule has 3 N–H and O–H groups in total. The minimum Gasteiger partial charge on any atom is -0.508 e. The Morgan fingerprint density at radius 1 is 1.17 bits per heavy atom. The van der Waals surface area contributed by atoms with Gasteiger partial charge in [-0.25, -0.2) is 4.79 Å². The zero-order valence-corrected chi connectivity index (χ0v) is 17.1. The van der Waals surface area contributed by atoms with Crippen molar-refractivity contribution < 1.29 is 19.8 Å². The lowest BCUT2D eigenvalue weighted by Gasteiger charge is -2.65. The van der Waals surface area contributed by atoms with Crippen LogP contribution in [0.4, 0.5) is 4.79 Å². The standard InChI is InChI=1S/C22H29N3O4/c1-3-24-10-9-20-13-21(18(27)25(4-2)19(28)23-21)7-8-22(20,29)17(24)11-14-5-6-15(26)12-16(14)20/h5-6,12,17,26,29H,3-4,7-11,13H2,1-2H3,(H,23,28). The molecule has 5 rings (SSSR count). The molecule has 3 fully saturated rings. The number of hydrogen-bond acceptors (Lipinski definition) is 5. The van der Waals surface area contributed by atoms with Gasteiger partial charge in [-0.3, -0.25) is 14.6 Å². The molecule has 0 radical (unpaired) electrons. The van der Waals surface area contributed by atoms with E-state index in [2.05, 4.69) is 17.1 Å². The molecule has 0 aromatic heterocycles. The molecule has 2 saturated heterocycles. The van der Waals surface area contributed by atoms with Crippen LogP contribution in [-0.4, -0.2) is 68.8 Å². The molecule has 2 heterocycles. The number of amides is 3. The van der Waals surface area contributed by atoms with E-state index in [-0.39, 0.29) is 23.7 Å². The van der Waals surface area contributed by atoms with Gasteiger partial charge in [0, 0.05) is 18.0 Å². The summed E-state index contributed by atoms with van der Waals surface area (Å²) in [5, 5.41) is 25.4. The number of phenols is 1. The lowest BCUT2D eigenvalue weighted by Crippen LogP contribution is -2.76. The third kappa shape index (κ3) is 2.20. The van der Waals surface area contributed by atoms with Crippen LogP contribution < -0.4 is 5.32 Å². The number of hydrogen-bond donors (Lipinski definition) is 3. The second-order valence-electron chi connectivity index (χ2n) is 9.18. The number of nitrogens with zero attached hydrogens (tertiary/aromatic N) is 2. The van der Waals surface area contributed by atoms with Crippen LogP contribution in [0, 0.1) is 0 Å². The van der Waals surface area contributed by atoms with Crippen LogP contribution in [0.25, 0.3) is 0 Å². The van der Waals surface area contributed by atoms with Crippen LogP contribution in [-0.2, 0) is 16.6 Å². The van der Waals surface area contributed by atoms with E-state index in [1.165, 1.54) is 4.90 Å². The first kappa shape index (κ1) is 18.9. The highest BCUT2D eigenvalue weighted by Crippen LogP contribution is 2.61. The number of aromatic hydroxyl groups is 1. The van der Waals surface area contributed by atoms with Crippen LogP contribution in [0.1, 0.15) is 50.7 Å². The Morgan fingerprint density at radius 2 is 1.97 bits per heavy atom. The Hall–Kier alpha value is -2.12. The second kappa shape index (κ2) is 5.95. The topological polar surface area (TPSA) is 93.1 Å². The number of carbonyl (C=O) groups excluding carboxylic acids is 2. The predicted molar refractivity (Wildman–Crippen MR) is 107 cm³/mol. The molecule has 1 saturated carbocycles. The van der Waals surface area contributed by atoms with E-state index in [1.54, 1.807) is 19.1 Å². The van der Waals surface area contributed by atoms with E-state index in [1.807, 2.05) is 6.07 Å². The molecule has 2 bridgehead atoms. The van der Waals surface area contributed by atoms with Gasteiger partial charge < -0.3 is 15.5 Å². The van der Waals surface area contributed by atoms with E-state index < -0.39 is 16.6 Å². The summed E-state index contributed by atoms with van der Waals surface area (Å²) >= 11 is 0. The van der Waals surface area contributed by atoms with Gasteiger partial charge >= 0.3 is 6.03 Å². The van der Waals surface area contributed by atoms with Crippen molar-refractivity contribution in [2.24, 2.45) is 0 Å². The van der Waals surface area contributed by atoms with Crippen LogP contribution in [0.3, 0.4) is 0 Å². The number of urea groups is 1. The second-order valence-corrected chi connectivity index (χ2v) is 9.18. The zero-order valence-electron chi connectivity index (χ0n) is 17.1. The minimum atomic E-state index is -0.988. The molecule has 29 heavy (non-hydrogen) atoms. The van der Waals surface area contributed by atoms with Gasteiger partial charge in [0.05, 0.1) is 5.60 Å². The van der Waals surface area contributed by atoms with Gasteiger partial charge in [-0.15, -0.1) is 0 Å². The first-order valence-electron chi connectivity index (χ1n) is 10.7. The van der Waals surface area contributed by atoms with Gasteiger partial charge in [0.25, 0.3) is 5.91 Å². The number of likely N-dealkylation sites (N-methyl/N-ethyl adjacent to an activating group) is 2. The molecule has 7 nitrogen and oxygen atoms in total. The quantitative estimate of drug-likeness (QED) is 0.656. The molecule has 2 aliphatic carbocycles. The molecule has 4 atom stereocenters. The van der Waals surface area contributed by atoms with Gasteiger partial charge in [0.2, 0.25) is 0 Å². The monoisotopic (exact) mass is 399 g/mol. The number of fused-ring (bicyclic) bond motifs is 1. The molecule has 7 heteroatoms. The van der Waals surface area contributed by atoms with Crippen LogP contribution in [0.15, 0.2) is 18.2 Å². The van der Waals surface area contributed by atoms with Crippen molar-refractivity contribution in [2.75, 3.05) is 19.6 Å². The van der Waals surface area contributed by atoms with Crippen molar-refractivity contribution in [2.45, 2.75) is 68.5 Å². The molecular formula is C22H29N3O4. The van der Waals surface area contributed by atoms with Gasteiger partial charge in [0.1, 0.15) is 11.3 Å². The number of piperidine rings is 1. The number of carbonyl (C=O) groups is 2. The summed E-state index contributed by atoms with van der Waals surface area (Å²) < 4.78 is 0. The first-order chi connectivity index (χ1) is 13.8. The molecule has 1 spiro atoms. The normalized spacial score (nSPS) is 38.7. The fourth-order valence-electron chi connectivity index (χ4n) is 6.77. The molecule has 4 aliphatic rings. The van der Waals surface area contributed by atoms with Crippen molar-refractivity contribution >= 4 is 11.9 Å². The summed E-state index contributed by atoms with van der Waals surface area (Å²) in [6.07, 6.45) is 2.70. The van der Waals surface area contributed by atoms with Gasteiger partial charge in [0.15, 0.2) is 0 Å². The van der Waals surface area contributed by atoms with Crippen molar-refractivity contribution in [3.05, 3.63) is 29.3 Å². The molecule has 4 unspecified atom stereocenters. The summed E-state index contributed by atoms with van der Waals surface area (Å²) in [4.78, 5) is 29.4. The number of imide groups is 1. The van der Waals surface area contributed by atoms with Crippen LogP contribution in [0.2, 0.25) is 0 Å². The summed E-state index contributed by atoms with van der Waals surface area (Å²) in [7, 11) is 0. The third-order valence-electron chi connectivity index (χ3n) is 8.17. The van der Waals surface area contributed by atoms with E-state index in [0.29, 0.717) is 32.2 Å². The molecule has 2 aliphatic heterocycles. The number of rotatable bonds is 2. The summed E-state index contributed by atoms with van der Waals surface area (Å²) in [6, 6.07) is 5.06. The number of aliphatic hydroxyl groups is 1. The lowest BCUT2D eigenvalue weighted by molar-refractivity contribution is -0.180. The SMILES string of the molecule is CCN1C(=O)NC2(CCC3(O)C4Cc5ccc(O)cc5C3(CCN4CC)C2)C1=O. The van der Waals surface area contributed by atoms with E-state index >= 15 is 0 Å². The van der Waals surface area contributed by atoms with Crippen LogP contribution >= 0.6 is 0 Å². The largest absolute Gasteiger partial charge is 0.508 e. The average Bonchev–Trinajstić information content (AvgIpc) is 2.92. The Morgan fingerprint density at radius 3 is 2.66 bits per heavy atom. The Labute approximate surface area is 170 Å². The predicted octanol–water partition coefficient (Wildman–Crippen LogP) is 1.51. The Kier molecular flexibility index (Phi) is 3.87. The molecule has 156 valence electrons. The number of likely N-dealkylation sites (tertiary alicyclic amines) is 1. The highest BCUT2D eigenvalue weighted by Gasteiger charge is 2.69. The molecule has 1 aromatic carbocycles. The summed E-state index contributed by atoms with van der Waals surface area (Å²) in [5.74, 6) is -0.00314. The molecular weight excluding hydrogens is 370 g/mol. The highest BCUT2D eigenvalue weighted by atomic mass is 16.3. The van der Waals surface area contributed by atoms with Crippen molar-refractivity contribution in [3.8, 4) is 5.75 Å². The highest BCUT2D eigenvalue weighted by molar-refractivity contribution is 6.07. The van der Waals surface area contributed by atoms with E-state index in [4.69, 9.17) is 0 Å². The van der Waals surface area contributed by atoms with Crippen molar-refractivity contribution in [1.82, 2.24) is 15.1 Å². The first-order valence-corrected chi connectivity index (χ1v) is 10.7. The summed E-state index contributed by atoms with van der Waals surface area (Å²) in [6.45, 7) is 5.95. The Bertz CT molecular complexity index is 904. The maximum Gasteiger partial charge on any atom is 0.325 e. The van der Waals surface area contributed by atoms with Gasteiger partial charge in [-0.2, -0.15) is 0 Å². The number of nitrogens with one attached hydrogen (secondary N) is 1. The molecule has 1 aromatic rings. The van der Waals surface area contributed by atoms with Crippen LogP contribution in [0.5, 0.6) is 5.75 Å². The average molecular weight is 399 g/mol. The maximum atomic E-state index is 13.3. The number of phenolic OH excluding ortho intramolecular Hbond substituents is 1. The zero-order chi connectivity index (χ0) is 20.6. The number of benzene rings is 1. The van der Waals surface area contributed by atoms with Gasteiger partial charge in [-0.1, -0.05) is 13.0 Å². The minimum absolute atomic E-state index is 0.0230. The smallest absolute Gasteiger partial charge is 0.325 e. The van der Waals surface area contributed by atoms with Crippen molar-refractivity contribution in [1.29, 1.82) is 0 Å². The third-order valence-corrected chi connectivity index (χ3v) is 8.17. The summed E-state index contributed by atoms with van der Waals surface area (Å²) in [5.41, 5.74) is -0.559. The molecule has 3 amide bonds. The van der Waals surface area contributed by atoms with E-state index in [9.17, 15) is 19.8 Å². The van der Waals surface area contributed by atoms with Crippen molar-refractivity contribution in [3.63, 3.8) is 0 Å². The fraction of sp³-hybridized carbons (Fsp3) is 0.636. The maximum absolute atomic E-state index is 13.3. The van der Waals surface area contributed by atoms with E-state index in [0.717, 1.165) is 30.6 Å².